The third kappa shape index (κ3) is 3.96. The second-order valence-electron chi connectivity index (χ2n) is 7.84. The molecular weight excluding hydrogens is 459 g/mol. The van der Waals surface area contributed by atoms with Gasteiger partial charge in [-0.15, -0.1) is 11.3 Å². The number of thiophene rings is 1. The summed E-state index contributed by atoms with van der Waals surface area (Å²) in [4.78, 5) is 25.9. The minimum Gasteiger partial charge on any atom is -0.365 e. The number of carbonyl (C=O) groups excluding carboxylic acids is 2. The number of benzene rings is 1. The van der Waals surface area contributed by atoms with Gasteiger partial charge in [0, 0.05) is 14.0 Å². The Morgan fingerprint density at radius 1 is 1.31 bits per heavy atom. The predicted molar refractivity (Wildman–Crippen MR) is 115 cm³/mol. The first-order chi connectivity index (χ1) is 12.2. The fourth-order valence-electron chi connectivity index (χ4n) is 3.48. The average molecular weight is 482 g/mol. The summed E-state index contributed by atoms with van der Waals surface area (Å²) in [6.45, 7) is 6.76. The van der Waals surface area contributed by atoms with Crippen LogP contribution in [0.1, 0.15) is 58.3 Å². The molecule has 2 amide bonds. The molecule has 3 rings (SSSR count). The van der Waals surface area contributed by atoms with Gasteiger partial charge in [-0.2, -0.15) is 0 Å². The highest BCUT2D eigenvalue weighted by molar-refractivity contribution is 14.1. The van der Waals surface area contributed by atoms with E-state index in [0.29, 0.717) is 22.0 Å². The second-order valence-corrected chi connectivity index (χ2v) is 10.2. The number of nitrogens with one attached hydrogen (secondary N) is 1. The van der Waals surface area contributed by atoms with E-state index in [1.54, 1.807) is 6.07 Å². The summed E-state index contributed by atoms with van der Waals surface area (Å²) in [6.07, 6.45) is 2.81. The topological polar surface area (TPSA) is 72.2 Å². The number of carbonyl (C=O) groups is 2. The highest BCUT2D eigenvalue weighted by Crippen LogP contribution is 2.44. The zero-order chi connectivity index (χ0) is 19.1. The standard InChI is InChI=1S/C20H23IN2O2S/c1-20(2,3)12-7-8-14-15(10-12)26-19(16(14)17(22)24)23-18(25)11-5-4-6-13(21)9-11/h4-6,9,12H,7-8,10H2,1-3H3,(H2,22,24)(H,23,25)/t12-/m0/s1. The Kier molecular flexibility index (Phi) is 5.44. The van der Waals surface area contributed by atoms with E-state index < -0.39 is 5.91 Å². The molecule has 1 aliphatic rings. The molecule has 1 heterocycles. The molecule has 6 heteroatoms. The first-order valence-electron chi connectivity index (χ1n) is 8.68. The summed E-state index contributed by atoms with van der Waals surface area (Å²) in [6, 6.07) is 7.37. The smallest absolute Gasteiger partial charge is 0.256 e. The van der Waals surface area contributed by atoms with E-state index >= 15 is 0 Å². The number of hydrogen-bond donors (Lipinski definition) is 2. The lowest BCUT2D eigenvalue weighted by Crippen LogP contribution is -2.27. The van der Waals surface area contributed by atoms with Crippen molar-refractivity contribution in [3.05, 3.63) is 49.4 Å². The van der Waals surface area contributed by atoms with Gasteiger partial charge in [0.05, 0.1) is 5.56 Å². The van der Waals surface area contributed by atoms with Crippen molar-refractivity contribution >= 4 is 50.7 Å². The molecule has 0 radical (unpaired) electrons. The van der Waals surface area contributed by atoms with Gasteiger partial charge in [-0.1, -0.05) is 26.8 Å². The lowest BCUT2D eigenvalue weighted by Gasteiger charge is -2.33. The number of primary amides is 1. The van der Waals surface area contributed by atoms with Crippen LogP contribution >= 0.6 is 33.9 Å². The van der Waals surface area contributed by atoms with Gasteiger partial charge in [-0.3, -0.25) is 9.59 Å². The summed E-state index contributed by atoms with van der Waals surface area (Å²) in [5.74, 6) is -0.111. The average Bonchev–Trinajstić information content (AvgIpc) is 2.91. The van der Waals surface area contributed by atoms with Crippen molar-refractivity contribution < 1.29 is 9.59 Å². The van der Waals surface area contributed by atoms with Crippen LogP contribution in [0.15, 0.2) is 24.3 Å². The Hall–Kier alpha value is -1.41. The van der Waals surface area contributed by atoms with Crippen LogP contribution in [0.4, 0.5) is 5.00 Å². The summed E-state index contributed by atoms with van der Waals surface area (Å²) in [5, 5.41) is 3.51. The number of halogens is 1. The minimum absolute atomic E-state index is 0.211. The molecule has 0 aliphatic heterocycles. The van der Waals surface area contributed by atoms with E-state index in [1.165, 1.54) is 16.2 Å². The molecule has 1 atom stereocenters. The van der Waals surface area contributed by atoms with E-state index in [0.717, 1.165) is 28.4 Å². The molecule has 0 unspecified atom stereocenters. The maximum absolute atomic E-state index is 12.6. The van der Waals surface area contributed by atoms with Crippen molar-refractivity contribution in [2.24, 2.45) is 17.1 Å². The number of fused-ring (bicyclic) bond motifs is 1. The SMILES string of the molecule is CC(C)(C)[C@H]1CCc2c(sc(NC(=O)c3cccc(I)c3)c2C(N)=O)C1. The van der Waals surface area contributed by atoms with Crippen LogP contribution in [0.5, 0.6) is 0 Å². The van der Waals surface area contributed by atoms with Gasteiger partial charge >= 0.3 is 0 Å². The van der Waals surface area contributed by atoms with E-state index in [2.05, 4.69) is 48.7 Å². The van der Waals surface area contributed by atoms with Crippen LogP contribution in [0.3, 0.4) is 0 Å². The van der Waals surface area contributed by atoms with Gasteiger partial charge in [0.25, 0.3) is 11.8 Å². The van der Waals surface area contributed by atoms with Crippen LogP contribution in [-0.2, 0) is 12.8 Å². The molecule has 1 aromatic carbocycles. The number of nitrogens with two attached hydrogens (primary N) is 1. The Morgan fingerprint density at radius 3 is 2.65 bits per heavy atom. The predicted octanol–water partition coefficient (Wildman–Crippen LogP) is 4.85. The molecule has 0 fully saturated rings. The molecule has 1 aromatic heterocycles. The lowest BCUT2D eigenvalue weighted by atomic mass is 9.72. The van der Waals surface area contributed by atoms with Gasteiger partial charge < -0.3 is 11.1 Å². The van der Waals surface area contributed by atoms with Crippen molar-refractivity contribution in [1.29, 1.82) is 0 Å². The number of amides is 2. The largest absolute Gasteiger partial charge is 0.365 e. The van der Waals surface area contributed by atoms with Crippen molar-refractivity contribution in [3.8, 4) is 0 Å². The second kappa shape index (κ2) is 7.31. The molecule has 0 saturated heterocycles. The molecule has 26 heavy (non-hydrogen) atoms. The third-order valence-corrected chi connectivity index (χ3v) is 6.89. The van der Waals surface area contributed by atoms with Gasteiger partial charge in [-0.05, 0) is 76.9 Å². The maximum Gasteiger partial charge on any atom is 0.256 e. The lowest BCUT2D eigenvalue weighted by molar-refractivity contribution is 0.1000. The molecule has 0 saturated carbocycles. The van der Waals surface area contributed by atoms with Crippen LogP contribution in [0.2, 0.25) is 0 Å². The van der Waals surface area contributed by atoms with E-state index in [9.17, 15) is 9.59 Å². The number of rotatable bonds is 3. The first-order valence-corrected chi connectivity index (χ1v) is 10.6. The normalized spacial score (nSPS) is 16.8. The zero-order valence-electron chi connectivity index (χ0n) is 15.2. The zero-order valence-corrected chi connectivity index (χ0v) is 18.2. The van der Waals surface area contributed by atoms with Gasteiger partial charge in [-0.25, -0.2) is 0 Å². The van der Waals surface area contributed by atoms with Crippen molar-refractivity contribution in [2.45, 2.75) is 40.0 Å². The highest BCUT2D eigenvalue weighted by atomic mass is 127. The maximum atomic E-state index is 12.6. The highest BCUT2D eigenvalue weighted by Gasteiger charge is 2.33. The first kappa shape index (κ1) is 19.4. The molecule has 1 aliphatic carbocycles. The Bertz CT molecular complexity index is 867. The van der Waals surface area contributed by atoms with E-state index in [4.69, 9.17) is 5.73 Å². The molecule has 3 N–H and O–H groups in total. The summed E-state index contributed by atoms with van der Waals surface area (Å²) >= 11 is 3.68. The van der Waals surface area contributed by atoms with Crippen LogP contribution < -0.4 is 11.1 Å². The van der Waals surface area contributed by atoms with Crippen molar-refractivity contribution in [1.82, 2.24) is 0 Å². The molecule has 2 aromatic rings. The fraction of sp³-hybridized carbons (Fsp3) is 0.400. The molecule has 138 valence electrons. The number of anilines is 1. The van der Waals surface area contributed by atoms with Crippen molar-refractivity contribution in [2.75, 3.05) is 5.32 Å². The van der Waals surface area contributed by atoms with E-state index in [-0.39, 0.29) is 11.3 Å². The van der Waals surface area contributed by atoms with Crippen LogP contribution in [-0.4, -0.2) is 11.8 Å². The Balaban J connectivity index is 1.92. The van der Waals surface area contributed by atoms with Gasteiger partial charge in [0.15, 0.2) is 0 Å². The van der Waals surface area contributed by atoms with Gasteiger partial charge in [0.2, 0.25) is 0 Å². The molecular formula is C20H23IN2O2S. The summed E-state index contributed by atoms with van der Waals surface area (Å²) < 4.78 is 0.990. The monoisotopic (exact) mass is 482 g/mol. The molecule has 0 spiro atoms. The molecule has 0 bridgehead atoms. The Morgan fingerprint density at radius 2 is 2.04 bits per heavy atom. The number of hydrogen-bond acceptors (Lipinski definition) is 3. The fourth-order valence-corrected chi connectivity index (χ4v) is 5.35. The summed E-state index contributed by atoms with van der Waals surface area (Å²) in [7, 11) is 0. The third-order valence-electron chi connectivity index (χ3n) is 5.05. The quantitative estimate of drug-likeness (QED) is 0.614. The minimum atomic E-state index is -0.463. The molecule has 4 nitrogen and oxygen atoms in total. The van der Waals surface area contributed by atoms with Crippen molar-refractivity contribution in [3.63, 3.8) is 0 Å². The van der Waals surface area contributed by atoms with Crippen LogP contribution in [0, 0.1) is 14.9 Å². The van der Waals surface area contributed by atoms with Crippen LogP contribution in [0.25, 0.3) is 0 Å². The van der Waals surface area contributed by atoms with Gasteiger partial charge in [0.1, 0.15) is 5.00 Å². The summed E-state index contributed by atoms with van der Waals surface area (Å²) in [5.41, 5.74) is 7.98. The van der Waals surface area contributed by atoms with E-state index in [1.807, 2.05) is 18.2 Å². The Labute approximate surface area is 171 Å².